The van der Waals surface area contributed by atoms with Gasteiger partial charge in [-0.25, -0.2) is 0 Å². The number of benzene rings is 1. The van der Waals surface area contributed by atoms with Crippen molar-refractivity contribution >= 4 is 17.6 Å². The second-order valence-electron chi connectivity index (χ2n) is 5.90. The number of aliphatic carboxylic acids is 1. The Balaban J connectivity index is 1.69. The zero-order valence-electron chi connectivity index (χ0n) is 12.8. The largest absolute Gasteiger partial charge is 0.492 e. The molecule has 1 aliphatic rings. The summed E-state index contributed by atoms with van der Waals surface area (Å²) >= 11 is 6.10. The number of rotatable bonds is 8. The molecule has 0 aromatic heterocycles. The van der Waals surface area contributed by atoms with Gasteiger partial charge in [-0.1, -0.05) is 23.7 Å². The Labute approximate surface area is 137 Å². The third-order valence-electron chi connectivity index (χ3n) is 4.03. The van der Waals surface area contributed by atoms with Gasteiger partial charge in [0.15, 0.2) is 0 Å². The third kappa shape index (κ3) is 5.85. The third-order valence-corrected chi connectivity index (χ3v) is 4.34. The van der Waals surface area contributed by atoms with E-state index < -0.39 is 5.97 Å². The molecular formula is C17H24ClNO3. The second kappa shape index (κ2) is 9.01. The molecule has 4 nitrogen and oxygen atoms in total. The van der Waals surface area contributed by atoms with Crippen molar-refractivity contribution in [2.24, 2.45) is 5.92 Å². The van der Waals surface area contributed by atoms with E-state index in [0.29, 0.717) is 17.5 Å². The minimum atomic E-state index is -0.704. The zero-order valence-corrected chi connectivity index (χ0v) is 13.6. The summed E-state index contributed by atoms with van der Waals surface area (Å²) < 4.78 is 5.85. The highest BCUT2D eigenvalue weighted by Crippen LogP contribution is 2.25. The minimum Gasteiger partial charge on any atom is -0.492 e. The summed E-state index contributed by atoms with van der Waals surface area (Å²) in [4.78, 5) is 12.9. The molecule has 0 aliphatic carbocycles. The normalized spacial score (nSPS) is 19.0. The smallest absolute Gasteiger partial charge is 0.303 e. The van der Waals surface area contributed by atoms with Gasteiger partial charge >= 0.3 is 5.97 Å². The lowest BCUT2D eigenvalue weighted by Gasteiger charge is -2.32. The number of carbonyl (C=O) groups is 1. The van der Waals surface area contributed by atoms with Gasteiger partial charge in [0, 0.05) is 18.9 Å². The van der Waals surface area contributed by atoms with E-state index in [9.17, 15) is 4.79 Å². The molecule has 0 spiro atoms. The Kier molecular flexibility index (Phi) is 7.00. The molecule has 5 heteroatoms. The maximum Gasteiger partial charge on any atom is 0.303 e. The van der Waals surface area contributed by atoms with E-state index in [1.165, 1.54) is 12.8 Å². The first-order valence-electron chi connectivity index (χ1n) is 7.96. The number of hydrogen-bond acceptors (Lipinski definition) is 3. The highest BCUT2D eigenvalue weighted by Gasteiger charge is 2.20. The number of hydrogen-bond donors (Lipinski definition) is 1. The molecule has 0 bridgehead atoms. The van der Waals surface area contributed by atoms with E-state index in [-0.39, 0.29) is 6.42 Å². The van der Waals surface area contributed by atoms with E-state index in [2.05, 4.69) is 4.90 Å². The molecule has 0 amide bonds. The molecule has 1 aromatic carbocycles. The van der Waals surface area contributed by atoms with Crippen LogP contribution in [0.5, 0.6) is 5.75 Å². The quantitative estimate of drug-likeness (QED) is 0.741. The fourth-order valence-electron chi connectivity index (χ4n) is 2.87. The van der Waals surface area contributed by atoms with Gasteiger partial charge in [0.2, 0.25) is 0 Å². The van der Waals surface area contributed by atoms with Gasteiger partial charge in [-0.3, -0.25) is 4.79 Å². The molecule has 1 heterocycles. The minimum absolute atomic E-state index is 0.271. The highest BCUT2D eigenvalue weighted by molar-refractivity contribution is 6.32. The number of ether oxygens (including phenoxy) is 1. The molecule has 1 fully saturated rings. The maximum absolute atomic E-state index is 10.5. The number of piperidine rings is 1. The van der Waals surface area contributed by atoms with E-state index in [4.69, 9.17) is 21.4 Å². The van der Waals surface area contributed by atoms with Crippen LogP contribution in [-0.2, 0) is 4.79 Å². The van der Waals surface area contributed by atoms with Crippen LogP contribution in [0.2, 0.25) is 5.02 Å². The number of halogens is 1. The molecule has 0 saturated carbocycles. The first-order valence-corrected chi connectivity index (χ1v) is 8.34. The van der Waals surface area contributed by atoms with E-state index >= 15 is 0 Å². The Bertz CT molecular complexity index is 481. The molecule has 1 unspecified atom stereocenters. The number of nitrogens with zero attached hydrogens (tertiary/aromatic N) is 1. The van der Waals surface area contributed by atoms with Crippen LogP contribution in [0.15, 0.2) is 24.3 Å². The van der Waals surface area contributed by atoms with Crippen molar-refractivity contribution in [1.29, 1.82) is 0 Å². The molecule has 1 saturated heterocycles. The van der Waals surface area contributed by atoms with Crippen LogP contribution in [0.4, 0.5) is 0 Å². The molecule has 22 heavy (non-hydrogen) atoms. The van der Waals surface area contributed by atoms with Crippen LogP contribution in [0.3, 0.4) is 0 Å². The summed E-state index contributed by atoms with van der Waals surface area (Å²) in [6.45, 7) is 3.80. The average molecular weight is 326 g/mol. The predicted octanol–water partition coefficient (Wildman–Crippen LogP) is 3.69. The van der Waals surface area contributed by atoms with E-state index in [1.807, 2.05) is 24.3 Å². The topological polar surface area (TPSA) is 49.8 Å². The van der Waals surface area contributed by atoms with Crippen molar-refractivity contribution in [2.75, 3.05) is 26.2 Å². The maximum atomic E-state index is 10.5. The highest BCUT2D eigenvalue weighted by atomic mass is 35.5. The van der Waals surface area contributed by atoms with Crippen LogP contribution in [0.1, 0.15) is 32.1 Å². The van der Waals surface area contributed by atoms with Crippen molar-refractivity contribution in [1.82, 2.24) is 4.90 Å². The molecule has 1 aliphatic heterocycles. The van der Waals surface area contributed by atoms with Gasteiger partial charge in [-0.2, -0.15) is 0 Å². The van der Waals surface area contributed by atoms with Gasteiger partial charge < -0.3 is 14.7 Å². The fraction of sp³-hybridized carbons (Fsp3) is 0.588. The lowest BCUT2D eigenvalue weighted by molar-refractivity contribution is -0.137. The van der Waals surface area contributed by atoms with Crippen molar-refractivity contribution in [3.63, 3.8) is 0 Å². The monoisotopic (exact) mass is 325 g/mol. The van der Waals surface area contributed by atoms with Crippen molar-refractivity contribution in [2.45, 2.75) is 32.1 Å². The summed E-state index contributed by atoms with van der Waals surface area (Å²) in [5.41, 5.74) is 0. The van der Waals surface area contributed by atoms with Crippen molar-refractivity contribution < 1.29 is 14.6 Å². The lowest BCUT2D eigenvalue weighted by Crippen LogP contribution is -2.38. The van der Waals surface area contributed by atoms with Crippen LogP contribution in [-0.4, -0.2) is 42.2 Å². The van der Waals surface area contributed by atoms with Gasteiger partial charge in [-0.15, -0.1) is 0 Å². The van der Waals surface area contributed by atoms with Crippen LogP contribution in [0.25, 0.3) is 0 Å². The van der Waals surface area contributed by atoms with Gasteiger partial charge in [0.05, 0.1) is 11.6 Å². The van der Waals surface area contributed by atoms with Gasteiger partial charge in [0.1, 0.15) is 5.75 Å². The number of carboxylic acids is 1. The molecule has 1 aromatic rings. The zero-order chi connectivity index (χ0) is 15.8. The Morgan fingerprint density at radius 3 is 2.95 bits per heavy atom. The molecule has 2 rings (SSSR count). The summed E-state index contributed by atoms with van der Waals surface area (Å²) in [6.07, 6.45) is 4.33. The van der Waals surface area contributed by atoms with Crippen LogP contribution in [0, 0.1) is 5.92 Å². The summed E-state index contributed by atoms with van der Waals surface area (Å²) in [7, 11) is 0. The molecular weight excluding hydrogens is 302 g/mol. The SMILES string of the molecule is O=C(O)CCCCN1CCCC(COc2ccccc2Cl)C1. The fourth-order valence-corrected chi connectivity index (χ4v) is 3.06. The average Bonchev–Trinajstić information content (AvgIpc) is 2.51. The van der Waals surface area contributed by atoms with E-state index in [1.54, 1.807) is 0 Å². The summed E-state index contributed by atoms with van der Waals surface area (Å²) in [5, 5.41) is 9.31. The van der Waals surface area contributed by atoms with Crippen molar-refractivity contribution in [3.05, 3.63) is 29.3 Å². The van der Waals surface area contributed by atoms with Gasteiger partial charge in [-0.05, 0) is 50.9 Å². The van der Waals surface area contributed by atoms with Crippen LogP contribution >= 0.6 is 11.6 Å². The number of unbranched alkanes of at least 4 members (excludes halogenated alkanes) is 1. The number of para-hydroxylation sites is 1. The first kappa shape index (κ1) is 17.1. The predicted molar refractivity (Wildman–Crippen MR) is 87.6 cm³/mol. The first-order chi connectivity index (χ1) is 10.6. The summed E-state index contributed by atoms with van der Waals surface area (Å²) in [5.74, 6) is 0.567. The van der Waals surface area contributed by atoms with Gasteiger partial charge in [0.25, 0.3) is 0 Å². The van der Waals surface area contributed by atoms with E-state index in [0.717, 1.165) is 38.2 Å². The molecule has 1 atom stereocenters. The number of carboxylic acid groups (broad SMARTS) is 1. The second-order valence-corrected chi connectivity index (χ2v) is 6.31. The standard InChI is InChI=1S/C17H24ClNO3/c18-15-7-1-2-8-16(15)22-13-14-6-5-11-19(12-14)10-4-3-9-17(20)21/h1-2,7-8,14H,3-6,9-13H2,(H,20,21). The molecule has 1 N–H and O–H groups in total. The lowest BCUT2D eigenvalue weighted by atomic mass is 9.98. The Morgan fingerprint density at radius 2 is 2.18 bits per heavy atom. The Hall–Kier alpha value is -1.26. The summed E-state index contributed by atoms with van der Waals surface area (Å²) in [6, 6.07) is 7.56. The van der Waals surface area contributed by atoms with Crippen LogP contribution < -0.4 is 4.74 Å². The molecule has 122 valence electrons. The molecule has 0 radical (unpaired) electrons. The number of likely N-dealkylation sites (tertiary alicyclic amines) is 1. The Morgan fingerprint density at radius 1 is 1.36 bits per heavy atom. The van der Waals surface area contributed by atoms with Crippen molar-refractivity contribution in [3.8, 4) is 5.75 Å².